The lowest BCUT2D eigenvalue weighted by atomic mass is 9.87. The van der Waals surface area contributed by atoms with Crippen molar-refractivity contribution >= 4 is 23.6 Å². The number of aryl methyl sites for hydroxylation is 2. The molecular formula is C26H33NO5. The molecule has 0 fully saturated rings. The van der Waals surface area contributed by atoms with Gasteiger partial charge < -0.3 is 20.3 Å². The smallest absolute Gasteiger partial charge is 0.331 e. The molecule has 1 amide bonds. The first-order valence-electron chi connectivity index (χ1n) is 10.8. The van der Waals surface area contributed by atoms with Crippen molar-refractivity contribution in [3.05, 3.63) is 58.7 Å². The van der Waals surface area contributed by atoms with Gasteiger partial charge in [-0.15, -0.1) is 0 Å². The minimum Gasteiger partial charge on any atom is -0.508 e. The summed E-state index contributed by atoms with van der Waals surface area (Å²) in [5.41, 5.74) is 2.83. The molecule has 32 heavy (non-hydrogen) atoms. The lowest BCUT2D eigenvalue weighted by molar-refractivity contribution is -0.132. The summed E-state index contributed by atoms with van der Waals surface area (Å²) in [4.78, 5) is 23.9. The van der Waals surface area contributed by atoms with E-state index in [1.807, 2.05) is 33.8 Å². The average molecular weight is 440 g/mol. The summed E-state index contributed by atoms with van der Waals surface area (Å²) in [6, 6.07) is 10.6. The molecule has 2 aromatic rings. The van der Waals surface area contributed by atoms with E-state index >= 15 is 0 Å². The first kappa shape index (κ1) is 25.0. The van der Waals surface area contributed by atoms with Crippen LogP contribution in [-0.4, -0.2) is 28.7 Å². The van der Waals surface area contributed by atoms with Crippen LogP contribution < -0.4 is 10.1 Å². The van der Waals surface area contributed by atoms with E-state index in [4.69, 9.17) is 9.84 Å². The Morgan fingerprint density at radius 2 is 1.75 bits per heavy atom. The lowest BCUT2D eigenvalue weighted by Crippen LogP contribution is -2.31. The van der Waals surface area contributed by atoms with E-state index in [1.54, 1.807) is 43.3 Å². The van der Waals surface area contributed by atoms with Crippen molar-refractivity contribution in [2.24, 2.45) is 5.41 Å². The number of aromatic hydroxyl groups is 1. The van der Waals surface area contributed by atoms with E-state index in [0.29, 0.717) is 37.1 Å². The van der Waals surface area contributed by atoms with Gasteiger partial charge in [-0.05, 0) is 80.1 Å². The highest BCUT2D eigenvalue weighted by molar-refractivity contribution is 5.95. The Morgan fingerprint density at radius 1 is 1.09 bits per heavy atom. The highest BCUT2D eigenvalue weighted by atomic mass is 16.5. The molecule has 3 N–H and O–H groups in total. The molecule has 6 heteroatoms. The van der Waals surface area contributed by atoms with Crippen LogP contribution in [0.1, 0.15) is 56.7 Å². The molecule has 0 aliphatic rings. The normalized spacial score (nSPS) is 11.8. The monoisotopic (exact) mass is 439 g/mol. The minimum atomic E-state index is -0.925. The summed E-state index contributed by atoms with van der Waals surface area (Å²) < 4.78 is 5.85. The summed E-state index contributed by atoms with van der Waals surface area (Å²) in [5.74, 6) is -0.0150. The number of carbonyl (C=O) groups excluding carboxylic acids is 1. The minimum absolute atomic E-state index is 0.0859. The molecule has 0 atom stereocenters. The molecule has 0 spiro atoms. The van der Waals surface area contributed by atoms with Crippen molar-refractivity contribution < 1.29 is 24.5 Å². The topological polar surface area (TPSA) is 95.9 Å². The summed E-state index contributed by atoms with van der Waals surface area (Å²) in [7, 11) is 0. The van der Waals surface area contributed by atoms with Gasteiger partial charge in [0, 0.05) is 16.7 Å². The number of carbonyl (C=O) groups is 2. The highest BCUT2D eigenvalue weighted by Crippen LogP contribution is 2.28. The molecule has 0 bridgehead atoms. The van der Waals surface area contributed by atoms with Crippen molar-refractivity contribution in [2.75, 3.05) is 11.9 Å². The first-order valence-corrected chi connectivity index (χ1v) is 10.8. The number of carboxylic acids is 1. The fourth-order valence-corrected chi connectivity index (χ4v) is 3.22. The van der Waals surface area contributed by atoms with Crippen LogP contribution in [0.2, 0.25) is 0 Å². The summed E-state index contributed by atoms with van der Waals surface area (Å²) in [5, 5.41) is 21.8. The van der Waals surface area contributed by atoms with Gasteiger partial charge >= 0.3 is 5.97 Å². The second-order valence-electron chi connectivity index (χ2n) is 8.64. The fourth-order valence-electron chi connectivity index (χ4n) is 3.22. The molecule has 0 aliphatic carbocycles. The van der Waals surface area contributed by atoms with Crippen LogP contribution in [0.15, 0.2) is 42.0 Å². The Labute approximate surface area is 189 Å². The second kappa shape index (κ2) is 10.8. The Hall–Kier alpha value is -3.28. The lowest BCUT2D eigenvalue weighted by Gasteiger charge is -2.24. The number of anilines is 1. The fraction of sp³-hybridized carbons (Fsp3) is 0.385. The Bertz CT molecular complexity index is 990. The second-order valence-corrected chi connectivity index (χ2v) is 8.64. The number of benzene rings is 2. The molecule has 0 heterocycles. The van der Waals surface area contributed by atoms with Gasteiger partial charge in [0.25, 0.3) is 0 Å². The van der Waals surface area contributed by atoms with E-state index in [9.17, 15) is 14.7 Å². The zero-order valence-corrected chi connectivity index (χ0v) is 19.5. The third-order valence-electron chi connectivity index (χ3n) is 5.48. The SMILES string of the molecule is CC/C(=C\c1ccc(NC(=O)C(C)(C)CCCOc2cc(C)c(O)cc2C)cc1)C(=O)O. The van der Waals surface area contributed by atoms with Gasteiger partial charge in [-0.1, -0.05) is 32.9 Å². The number of aliphatic carboxylic acids is 1. The van der Waals surface area contributed by atoms with Crippen molar-refractivity contribution in [3.8, 4) is 11.5 Å². The molecule has 172 valence electrons. The number of carboxylic acid groups (broad SMARTS) is 1. The van der Waals surface area contributed by atoms with Crippen LogP contribution in [0, 0.1) is 19.3 Å². The van der Waals surface area contributed by atoms with Gasteiger partial charge in [0.1, 0.15) is 11.5 Å². The molecule has 2 aromatic carbocycles. The van der Waals surface area contributed by atoms with Gasteiger partial charge in [-0.3, -0.25) is 4.79 Å². The third kappa shape index (κ3) is 6.87. The van der Waals surface area contributed by atoms with Gasteiger partial charge in [-0.25, -0.2) is 4.79 Å². The highest BCUT2D eigenvalue weighted by Gasteiger charge is 2.27. The molecule has 0 radical (unpaired) electrons. The van der Waals surface area contributed by atoms with E-state index < -0.39 is 11.4 Å². The molecule has 0 aliphatic heterocycles. The van der Waals surface area contributed by atoms with E-state index in [2.05, 4.69) is 5.32 Å². The quantitative estimate of drug-likeness (QED) is 0.325. The molecular weight excluding hydrogens is 406 g/mol. The molecule has 2 rings (SSSR count). The van der Waals surface area contributed by atoms with Crippen LogP contribution in [0.5, 0.6) is 11.5 Å². The first-order chi connectivity index (χ1) is 15.0. The molecule has 0 aromatic heterocycles. The molecule has 0 saturated carbocycles. The van der Waals surface area contributed by atoms with Gasteiger partial charge in [0.15, 0.2) is 0 Å². The van der Waals surface area contributed by atoms with Crippen LogP contribution in [0.25, 0.3) is 6.08 Å². The Morgan fingerprint density at radius 3 is 2.34 bits per heavy atom. The number of hydrogen-bond acceptors (Lipinski definition) is 4. The van der Waals surface area contributed by atoms with Crippen LogP contribution in [0.4, 0.5) is 5.69 Å². The largest absolute Gasteiger partial charge is 0.508 e. The molecule has 0 unspecified atom stereocenters. The van der Waals surface area contributed by atoms with Crippen LogP contribution >= 0.6 is 0 Å². The maximum Gasteiger partial charge on any atom is 0.331 e. The third-order valence-corrected chi connectivity index (χ3v) is 5.48. The summed E-state index contributed by atoms with van der Waals surface area (Å²) in [6.07, 6.45) is 3.43. The van der Waals surface area contributed by atoms with Crippen molar-refractivity contribution in [3.63, 3.8) is 0 Å². The van der Waals surface area contributed by atoms with Gasteiger partial charge in [0.05, 0.1) is 6.61 Å². The maximum absolute atomic E-state index is 12.8. The molecule has 0 saturated heterocycles. The zero-order valence-electron chi connectivity index (χ0n) is 19.5. The maximum atomic E-state index is 12.8. The number of rotatable bonds is 10. The van der Waals surface area contributed by atoms with E-state index in [-0.39, 0.29) is 11.7 Å². The predicted molar refractivity (Wildman–Crippen MR) is 127 cm³/mol. The standard InChI is InChI=1S/C26H33NO5/c1-6-20(24(29)30)16-19-8-10-21(11-9-19)27-25(31)26(4,5)12-7-13-32-23-15-17(2)22(28)14-18(23)3/h8-11,14-16,28H,6-7,12-13H2,1-5H3,(H,27,31)(H,29,30)/b20-16+. The van der Waals surface area contributed by atoms with E-state index in [1.165, 1.54) is 0 Å². The van der Waals surface area contributed by atoms with Crippen LogP contribution in [-0.2, 0) is 9.59 Å². The van der Waals surface area contributed by atoms with Crippen molar-refractivity contribution in [1.82, 2.24) is 0 Å². The number of ether oxygens (including phenoxy) is 1. The number of amides is 1. The van der Waals surface area contributed by atoms with Gasteiger partial charge in [0.2, 0.25) is 5.91 Å². The number of nitrogens with one attached hydrogen (secondary N) is 1. The zero-order chi connectivity index (χ0) is 23.9. The van der Waals surface area contributed by atoms with E-state index in [0.717, 1.165) is 22.4 Å². The van der Waals surface area contributed by atoms with Crippen LogP contribution in [0.3, 0.4) is 0 Å². The van der Waals surface area contributed by atoms with Crippen molar-refractivity contribution in [1.29, 1.82) is 0 Å². The average Bonchev–Trinajstić information content (AvgIpc) is 2.73. The number of hydrogen-bond donors (Lipinski definition) is 3. The number of phenolic OH excluding ortho intramolecular Hbond substituents is 1. The molecule has 6 nitrogen and oxygen atoms in total. The Kier molecular flexibility index (Phi) is 8.47. The van der Waals surface area contributed by atoms with Gasteiger partial charge in [-0.2, -0.15) is 0 Å². The number of phenols is 1. The summed E-state index contributed by atoms with van der Waals surface area (Å²) >= 11 is 0. The summed E-state index contributed by atoms with van der Waals surface area (Å²) in [6.45, 7) is 9.79. The Balaban J connectivity index is 1.89. The predicted octanol–water partition coefficient (Wildman–Crippen LogP) is 5.71. The van der Waals surface area contributed by atoms with Crippen molar-refractivity contribution in [2.45, 2.75) is 53.9 Å².